The highest BCUT2D eigenvalue weighted by Gasteiger charge is 2.30. The second-order valence-electron chi connectivity index (χ2n) is 5.07. The molecule has 2 aromatic carbocycles. The summed E-state index contributed by atoms with van der Waals surface area (Å²) in [7, 11) is -2.53. The third-order valence-electron chi connectivity index (χ3n) is 3.24. The molecule has 0 amide bonds. The molecule has 2 aromatic rings. The van der Waals surface area contributed by atoms with Crippen molar-refractivity contribution in [3.05, 3.63) is 52.5 Å². The Morgan fingerprint density at radius 1 is 1.15 bits per heavy atom. The van der Waals surface area contributed by atoms with Crippen LogP contribution in [0.15, 0.2) is 51.8 Å². The predicted molar refractivity (Wildman–Crippen MR) is 92.8 cm³/mol. The van der Waals surface area contributed by atoms with E-state index in [1.54, 1.807) is 6.07 Å². The molecule has 0 aliphatic carbocycles. The van der Waals surface area contributed by atoms with E-state index < -0.39 is 21.8 Å². The molecule has 0 saturated heterocycles. The quantitative estimate of drug-likeness (QED) is 0.646. The normalized spacial score (nSPS) is 12.0. The minimum atomic E-state index is -4.47. The van der Waals surface area contributed by atoms with Crippen LogP contribution in [0.2, 0.25) is 0 Å². The van der Waals surface area contributed by atoms with Crippen LogP contribution in [-0.2, 0) is 16.2 Å². The number of benzene rings is 2. The molecule has 0 heterocycles. The Morgan fingerprint density at radius 2 is 1.88 bits per heavy atom. The largest absolute Gasteiger partial charge is 0.495 e. The molecule has 142 valence electrons. The summed E-state index contributed by atoms with van der Waals surface area (Å²) in [5.74, 6) is 0.165. The van der Waals surface area contributed by atoms with Crippen molar-refractivity contribution in [2.24, 2.45) is 0 Å². The third-order valence-corrected chi connectivity index (χ3v) is 5.21. The van der Waals surface area contributed by atoms with Crippen LogP contribution in [0.4, 0.5) is 13.2 Å². The van der Waals surface area contributed by atoms with Crippen molar-refractivity contribution in [3.8, 4) is 11.5 Å². The lowest BCUT2D eigenvalue weighted by molar-refractivity contribution is -0.137. The molecular weight excluding hydrogens is 439 g/mol. The summed E-state index contributed by atoms with van der Waals surface area (Å²) in [6.07, 6.45) is -4.47. The number of hydrogen-bond acceptors (Lipinski definition) is 4. The van der Waals surface area contributed by atoms with Gasteiger partial charge in [0.2, 0.25) is 10.0 Å². The highest BCUT2D eigenvalue weighted by Crippen LogP contribution is 2.31. The van der Waals surface area contributed by atoms with Gasteiger partial charge in [-0.2, -0.15) is 13.2 Å². The molecule has 10 heteroatoms. The minimum absolute atomic E-state index is 0.000871. The number of ether oxygens (including phenoxy) is 2. The average molecular weight is 454 g/mol. The lowest BCUT2D eigenvalue weighted by atomic mass is 10.2. The number of methoxy groups -OCH3 is 1. The smallest absolute Gasteiger partial charge is 0.416 e. The summed E-state index contributed by atoms with van der Waals surface area (Å²) in [5, 5.41) is 0. The van der Waals surface area contributed by atoms with Gasteiger partial charge >= 0.3 is 6.18 Å². The van der Waals surface area contributed by atoms with Crippen LogP contribution < -0.4 is 14.2 Å². The van der Waals surface area contributed by atoms with Crippen molar-refractivity contribution >= 4 is 26.0 Å². The fourth-order valence-corrected chi connectivity index (χ4v) is 3.76. The van der Waals surface area contributed by atoms with Crippen molar-refractivity contribution in [1.82, 2.24) is 4.72 Å². The summed E-state index contributed by atoms with van der Waals surface area (Å²) in [4.78, 5) is -0.0616. The van der Waals surface area contributed by atoms with Gasteiger partial charge in [-0.3, -0.25) is 0 Å². The van der Waals surface area contributed by atoms with Crippen molar-refractivity contribution < 1.29 is 31.1 Å². The third kappa shape index (κ3) is 5.36. The van der Waals surface area contributed by atoms with Crippen molar-refractivity contribution in [2.45, 2.75) is 11.1 Å². The number of sulfonamides is 1. The van der Waals surface area contributed by atoms with Gasteiger partial charge in [0.15, 0.2) is 0 Å². The maximum absolute atomic E-state index is 12.6. The van der Waals surface area contributed by atoms with Gasteiger partial charge in [0.25, 0.3) is 0 Å². The number of rotatable bonds is 7. The predicted octanol–water partition coefficient (Wildman–Crippen LogP) is 3.83. The number of nitrogens with one attached hydrogen (secondary N) is 1. The molecule has 0 aliphatic rings. The van der Waals surface area contributed by atoms with Gasteiger partial charge in [-0.05, 0) is 36.4 Å². The lowest BCUT2D eigenvalue weighted by Gasteiger charge is -2.12. The molecule has 0 saturated carbocycles. The van der Waals surface area contributed by atoms with Crippen molar-refractivity contribution in [1.29, 1.82) is 0 Å². The zero-order valence-electron chi connectivity index (χ0n) is 13.5. The Morgan fingerprint density at radius 3 is 2.54 bits per heavy atom. The molecule has 0 atom stereocenters. The Balaban J connectivity index is 1.99. The molecule has 0 fully saturated rings. The number of hydrogen-bond donors (Lipinski definition) is 1. The van der Waals surface area contributed by atoms with Crippen LogP contribution in [0.25, 0.3) is 0 Å². The summed E-state index contributed by atoms with van der Waals surface area (Å²) < 4.78 is 75.7. The Bertz CT molecular complexity index is 872. The zero-order valence-corrected chi connectivity index (χ0v) is 15.9. The highest BCUT2D eigenvalue weighted by molar-refractivity contribution is 9.10. The molecule has 0 radical (unpaired) electrons. The highest BCUT2D eigenvalue weighted by atomic mass is 79.9. The monoisotopic (exact) mass is 453 g/mol. The molecule has 0 aliphatic heterocycles. The van der Waals surface area contributed by atoms with Crippen LogP contribution in [0, 0.1) is 0 Å². The van der Waals surface area contributed by atoms with Crippen LogP contribution >= 0.6 is 15.9 Å². The van der Waals surface area contributed by atoms with E-state index in [4.69, 9.17) is 9.47 Å². The SMILES string of the molecule is COc1ccc(Br)cc1S(=O)(=O)NCCOc1cccc(C(F)(F)F)c1. The van der Waals surface area contributed by atoms with Crippen molar-refractivity contribution in [3.63, 3.8) is 0 Å². The number of alkyl halides is 3. The average Bonchev–Trinajstić information content (AvgIpc) is 2.58. The second-order valence-corrected chi connectivity index (χ2v) is 7.72. The first-order valence-corrected chi connectivity index (χ1v) is 9.54. The Labute approximate surface area is 157 Å². The van der Waals surface area contributed by atoms with E-state index in [-0.39, 0.29) is 29.5 Å². The first-order valence-electron chi connectivity index (χ1n) is 7.27. The molecule has 0 spiro atoms. The second kappa shape index (κ2) is 8.28. The fraction of sp³-hybridized carbons (Fsp3) is 0.250. The maximum Gasteiger partial charge on any atom is 0.416 e. The van der Waals surface area contributed by atoms with Gasteiger partial charge in [-0.1, -0.05) is 22.0 Å². The van der Waals surface area contributed by atoms with Gasteiger partial charge in [0.1, 0.15) is 23.0 Å². The van der Waals surface area contributed by atoms with Gasteiger partial charge in [-0.15, -0.1) is 0 Å². The molecule has 2 rings (SSSR count). The summed E-state index contributed by atoms with van der Waals surface area (Å²) >= 11 is 3.19. The molecule has 0 bridgehead atoms. The molecule has 1 N–H and O–H groups in total. The Hall–Kier alpha value is -1.78. The molecule has 0 unspecified atom stereocenters. The van der Waals surface area contributed by atoms with Gasteiger partial charge < -0.3 is 9.47 Å². The van der Waals surface area contributed by atoms with E-state index in [2.05, 4.69) is 20.7 Å². The molecular formula is C16H15BrF3NO4S. The van der Waals surface area contributed by atoms with E-state index in [9.17, 15) is 21.6 Å². The van der Waals surface area contributed by atoms with Crippen LogP contribution in [0.5, 0.6) is 11.5 Å². The van der Waals surface area contributed by atoms with Gasteiger partial charge in [-0.25, -0.2) is 13.1 Å². The molecule has 26 heavy (non-hydrogen) atoms. The molecule has 0 aromatic heterocycles. The van der Waals surface area contributed by atoms with Crippen LogP contribution in [0.1, 0.15) is 5.56 Å². The number of halogens is 4. The Kier molecular flexibility index (Phi) is 6.53. The topological polar surface area (TPSA) is 64.6 Å². The molecule has 5 nitrogen and oxygen atoms in total. The van der Waals surface area contributed by atoms with E-state index >= 15 is 0 Å². The van der Waals surface area contributed by atoms with Crippen molar-refractivity contribution in [2.75, 3.05) is 20.3 Å². The summed E-state index contributed by atoms with van der Waals surface area (Å²) in [5.41, 5.74) is -0.838. The fourth-order valence-electron chi connectivity index (χ4n) is 2.05. The lowest BCUT2D eigenvalue weighted by Crippen LogP contribution is -2.28. The van der Waals surface area contributed by atoms with Crippen LogP contribution in [-0.4, -0.2) is 28.7 Å². The standard InChI is InChI=1S/C16H15BrF3NO4S/c1-24-14-6-5-12(17)10-15(14)26(22,23)21-7-8-25-13-4-2-3-11(9-13)16(18,19)20/h2-6,9-10,21H,7-8H2,1H3. The summed E-state index contributed by atoms with van der Waals surface area (Å²) in [6.45, 7) is -0.273. The van der Waals surface area contributed by atoms with Gasteiger partial charge in [0, 0.05) is 11.0 Å². The van der Waals surface area contributed by atoms with Gasteiger partial charge in [0.05, 0.1) is 12.7 Å². The summed E-state index contributed by atoms with van der Waals surface area (Å²) in [6, 6.07) is 8.87. The first-order chi connectivity index (χ1) is 12.1. The van der Waals surface area contributed by atoms with E-state index in [0.717, 1.165) is 12.1 Å². The zero-order chi connectivity index (χ0) is 19.4. The van der Waals surface area contributed by atoms with E-state index in [1.165, 1.54) is 31.4 Å². The van der Waals surface area contributed by atoms with E-state index in [0.29, 0.717) is 4.47 Å². The van der Waals surface area contributed by atoms with Crippen LogP contribution in [0.3, 0.4) is 0 Å². The van der Waals surface area contributed by atoms with E-state index in [1.807, 2.05) is 0 Å². The first kappa shape index (κ1) is 20.5. The minimum Gasteiger partial charge on any atom is -0.495 e. The maximum atomic E-state index is 12.6.